The highest BCUT2D eigenvalue weighted by Crippen LogP contribution is 2.56. The monoisotopic (exact) mass is 384 g/mol. The number of benzene rings is 1. The summed E-state index contributed by atoms with van der Waals surface area (Å²) in [5.41, 5.74) is -0.168. The molecule has 0 aliphatic heterocycles. The van der Waals surface area contributed by atoms with Crippen molar-refractivity contribution >= 4 is 5.78 Å². The number of aliphatic hydroxyl groups excluding tert-OH is 1. The predicted octanol–water partition coefficient (Wildman–Crippen LogP) is 5.29. The zero-order chi connectivity index (χ0) is 20.6. The van der Waals surface area contributed by atoms with Crippen LogP contribution >= 0.6 is 0 Å². The van der Waals surface area contributed by atoms with E-state index in [1.807, 2.05) is 13.8 Å². The Kier molecular flexibility index (Phi) is 6.02. The van der Waals surface area contributed by atoms with E-state index in [0.717, 1.165) is 0 Å². The summed E-state index contributed by atoms with van der Waals surface area (Å²) in [5.74, 6) is -6.15. The third kappa shape index (κ3) is 3.87. The lowest BCUT2D eigenvalue weighted by Crippen LogP contribution is -2.69. The molecule has 1 saturated carbocycles. The molecule has 0 amide bonds. The van der Waals surface area contributed by atoms with E-state index in [1.54, 1.807) is 13.8 Å². The second kappa shape index (κ2) is 7.47. The molecule has 1 fully saturated rings. The minimum Gasteiger partial charge on any atom is -0.452 e. The Hall–Kier alpha value is -1.53. The largest absolute Gasteiger partial charge is 0.452 e. The van der Waals surface area contributed by atoms with E-state index >= 15 is 8.78 Å². The molecular weight excluding hydrogens is 354 g/mol. The van der Waals surface area contributed by atoms with Crippen LogP contribution in [-0.4, -0.2) is 28.2 Å². The zero-order valence-electron chi connectivity index (χ0n) is 16.9. The smallest absolute Gasteiger partial charge is 0.307 e. The van der Waals surface area contributed by atoms with Crippen LogP contribution < -0.4 is 4.74 Å². The van der Waals surface area contributed by atoms with E-state index in [0.29, 0.717) is 18.4 Å². The topological polar surface area (TPSA) is 55.8 Å². The highest BCUT2D eigenvalue weighted by molar-refractivity contribution is 5.96. The van der Waals surface area contributed by atoms with Gasteiger partial charge in [0, 0.05) is 17.9 Å². The summed E-state index contributed by atoms with van der Waals surface area (Å²) in [6, 6.07) is 4.26. The summed E-state index contributed by atoms with van der Waals surface area (Å²) >= 11 is 0. The van der Waals surface area contributed by atoms with E-state index in [1.165, 1.54) is 32.0 Å². The first kappa shape index (κ1) is 21.8. The number of ketones is 1. The van der Waals surface area contributed by atoms with Crippen LogP contribution in [0.25, 0.3) is 0 Å². The number of alkyl halides is 2. The lowest BCUT2D eigenvalue weighted by Gasteiger charge is -2.54. The zero-order valence-corrected chi connectivity index (χ0v) is 16.9. The summed E-state index contributed by atoms with van der Waals surface area (Å²) in [7, 11) is 0. The fourth-order valence-electron chi connectivity index (χ4n) is 3.40. The Bertz CT molecular complexity index is 701. The number of hydrogen-bond acceptors (Lipinski definition) is 4. The standard InChI is InChI=1S/C21H30F2O4/c1-7-19(6,8-2)27-21(23)13(3)12-20(21,22)26-16-9-10-17(14(4)24)18(11-16)15(5)25/h9-11,13-14,24H,7-8,12H2,1-6H3. The van der Waals surface area contributed by atoms with Gasteiger partial charge < -0.3 is 14.6 Å². The van der Waals surface area contributed by atoms with E-state index in [-0.39, 0.29) is 23.5 Å². The number of Topliss-reactive ketones (excluding diaryl/α,β-unsaturated/α-hetero) is 1. The number of aliphatic hydroxyl groups is 1. The third-order valence-corrected chi connectivity index (χ3v) is 5.74. The van der Waals surface area contributed by atoms with Crippen LogP contribution in [0, 0.1) is 5.92 Å². The van der Waals surface area contributed by atoms with Crippen molar-refractivity contribution in [2.75, 3.05) is 0 Å². The first-order valence-corrected chi connectivity index (χ1v) is 9.51. The van der Waals surface area contributed by atoms with Crippen molar-refractivity contribution in [2.24, 2.45) is 5.92 Å². The van der Waals surface area contributed by atoms with Crippen LogP contribution in [0.2, 0.25) is 0 Å². The second-order valence-corrected chi connectivity index (χ2v) is 7.82. The fourth-order valence-corrected chi connectivity index (χ4v) is 3.40. The number of carbonyl (C=O) groups excluding carboxylic acids is 1. The van der Waals surface area contributed by atoms with Crippen molar-refractivity contribution in [1.82, 2.24) is 0 Å². The second-order valence-electron chi connectivity index (χ2n) is 7.82. The quantitative estimate of drug-likeness (QED) is 0.619. The molecule has 2 rings (SSSR count). The van der Waals surface area contributed by atoms with E-state index < -0.39 is 29.3 Å². The molecule has 0 saturated heterocycles. The summed E-state index contributed by atoms with van der Waals surface area (Å²) < 4.78 is 42.0. The molecule has 0 aromatic heterocycles. The van der Waals surface area contributed by atoms with Gasteiger partial charge in [-0.15, -0.1) is 0 Å². The molecule has 0 heterocycles. The minimum atomic E-state index is -2.64. The maximum absolute atomic E-state index is 15.5. The molecule has 4 nitrogen and oxygen atoms in total. The molecule has 1 aromatic carbocycles. The third-order valence-electron chi connectivity index (χ3n) is 5.74. The Morgan fingerprint density at radius 3 is 2.41 bits per heavy atom. The van der Waals surface area contributed by atoms with Gasteiger partial charge in [0.15, 0.2) is 5.78 Å². The van der Waals surface area contributed by atoms with Crippen LogP contribution in [0.15, 0.2) is 18.2 Å². The van der Waals surface area contributed by atoms with E-state index in [9.17, 15) is 9.90 Å². The van der Waals surface area contributed by atoms with Gasteiger partial charge in [-0.05, 0) is 51.3 Å². The van der Waals surface area contributed by atoms with Crippen molar-refractivity contribution in [3.05, 3.63) is 29.3 Å². The highest BCUT2D eigenvalue weighted by atomic mass is 19.2. The van der Waals surface area contributed by atoms with E-state index in [4.69, 9.17) is 9.47 Å². The van der Waals surface area contributed by atoms with Crippen molar-refractivity contribution in [1.29, 1.82) is 0 Å². The highest BCUT2D eigenvalue weighted by Gasteiger charge is 2.72. The molecule has 4 atom stereocenters. The number of ether oxygens (including phenoxy) is 2. The van der Waals surface area contributed by atoms with Crippen LogP contribution in [-0.2, 0) is 4.74 Å². The van der Waals surface area contributed by atoms with Gasteiger partial charge in [-0.25, -0.2) is 4.39 Å². The van der Waals surface area contributed by atoms with Crippen LogP contribution in [0.3, 0.4) is 0 Å². The van der Waals surface area contributed by atoms with Crippen molar-refractivity contribution in [2.45, 2.75) is 84.2 Å². The Morgan fingerprint density at radius 1 is 1.37 bits per heavy atom. The summed E-state index contributed by atoms with van der Waals surface area (Å²) in [6.45, 7) is 9.95. The molecule has 0 radical (unpaired) electrons. The fraction of sp³-hybridized carbons (Fsp3) is 0.667. The molecule has 1 aliphatic carbocycles. The normalized spacial score (nSPS) is 29.1. The van der Waals surface area contributed by atoms with Gasteiger partial charge in [0.25, 0.3) is 5.85 Å². The number of halogens is 2. The van der Waals surface area contributed by atoms with Crippen LogP contribution in [0.5, 0.6) is 5.75 Å². The molecule has 1 aromatic rings. The lowest BCUT2D eigenvalue weighted by atomic mass is 9.74. The first-order chi connectivity index (χ1) is 12.4. The number of rotatable bonds is 8. The average molecular weight is 384 g/mol. The molecular formula is C21H30F2O4. The maximum Gasteiger partial charge on any atom is 0.307 e. The molecule has 27 heavy (non-hydrogen) atoms. The summed E-state index contributed by atoms with van der Waals surface area (Å²) in [6.07, 6.45) is 0.0606. The molecule has 0 spiro atoms. The molecule has 0 bridgehead atoms. The summed E-state index contributed by atoms with van der Waals surface area (Å²) in [4.78, 5) is 11.9. The minimum absolute atomic E-state index is 0.0272. The number of carbonyl (C=O) groups is 1. The van der Waals surface area contributed by atoms with Gasteiger partial charge in [-0.3, -0.25) is 4.79 Å². The molecule has 4 unspecified atom stereocenters. The van der Waals surface area contributed by atoms with Gasteiger partial charge in [0.1, 0.15) is 5.75 Å². The van der Waals surface area contributed by atoms with Crippen LogP contribution in [0.1, 0.15) is 82.8 Å². The molecule has 1 N–H and O–H groups in total. The lowest BCUT2D eigenvalue weighted by molar-refractivity contribution is -0.406. The Labute approximate surface area is 159 Å². The van der Waals surface area contributed by atoms with Gasteiger partial charge in [-0.1, -0.05) is 26.8 Å². The average Bonchev–Trinajstić information content (AvgIpc) is 2.61. The van der Waals surface area contributed by atoms with Crippen molar-refractivity contribution < 1.29 is 28.2 Å². The van der Waals surface area contributed by atoms with Gasteiger partial charge in [0.2, 0.25) is 0 Å². The molecule has 152 valence electrons. The summed E-state index contributed by atoms with van der Waals surface area (Å²) in [5, 5.41) is 9.79. The van der Waals surface area contributed by atoms with Crippen molar-refractivity contribution in [3.63, 3.8) is 0 Å². The number of hydrogen-bond donors (Lipinski definition) is 1. The first-order valence-electron chi connectivity index (χ1n) is 9.51. The van der Waals surface area contributed by atoms with Gasteiger partial charge in [-0.2, -0.15) is 4.39 Å². The van der Waals surface area contributed by atoms with Crippen molar-refractivity contribution in [3.8, 4) is 5.75 Å². The molecule has 6 heteroatoms. The SMILES string of the molecule is CCC(C)(CC)OC1(F)C(C)CC1(F)Oc1ccc(C(C)O)c(C(C)=O)c1. The van der Waals surface area contributed by atoms with E-state index in [2.05, 4.69) is 0 Å². The maximum atomic E-state index is 15.5. The van der Waals surface area contributed by atoms with Gasteiger partial charge in [0.05, 0.1) is 11.7 Å². The Balaban J connectivity index is 2.33. The van der Waals surface area contributed by atoms with Crippen LogP contribution in [0.4, 0.5) is 8.78 Å². The molecule has 1 aliphatic rings. The Morgan fingerprint density at radius 2 is 1.96 bits per heavy atom. The predicted molar refractivity (Wildman–Crippen MR) is 99.2 cm³/mol. The van der Waals surface area contributed by atoms with Gasteiger partial charge >= 0.3 is 5.85 Å².